The fourth-order valence-corrected chi connectivity index (χ4v) is 3.85. The molecule has 0 aromatic heterocycles. The molecular weight excluding hydrogens is 372 g/mol. The highest BCUT2D eigenvalue weighted by molar-refractivity contribution is 7.99. The van der Waals surface area contributed by atoms with E-state index in [-0.39, 0.29) is 18.6 Å². The normalized spacial score (nSPS) is 14.4. The predicted octanol–water partition coefficient (Wildman–Crippen LogP) is 3.31. The number of aliphatic hydroxyl groups excluding tert-OH is 1. The van der Waals surface area contributed by atoms with Gasteiger partial charge in [-0.1, -0.05) is 24.3 Å². The Morgan fingerprint density at radius 3 is 2.57 bits per heavy atom. The van der Waals surface area contributed by atoms with Crippen molar-refractivity contribution < 1.29 is 9.90 Å². The van der Waals surface area contributed by atoms with Crippen LogP contribution >= 0.6 is 11.8 Å². The number of hydrogen-bond donors (Lipinski definition) is 3. The summed E-state index contributed by atoms with van der Waals surface area (Å²) in [5, 5.41) is 24.6. The van der Waals surface area contributed by atoms with Crippen LogP contribution in [0.1, 0.15) is 12.8 Å². The van der Waals surface area contributed by atoms with Crippen molar-refractivity contribution in [2.75, 3.05) is 40.9 Å². The van der Waals surface area contributed by atoms with Gasteiger partial charge >= 0.3 is 0 Å². The van der Waals surface area contributed by atoms with Gasteiger partial charge in [0.05, 0.1) is 41.5 Å². The molecule has 146 valence electrons. The molecule has 1 amide bonds. The molecule has 0 bridgehead atoms. The second-order valence-electron chi connectivity index (χ2n) is 6.58. The molecule has 1 fully saturated rings. The van der Waals surface area contributed by atoms with Crippen molar-refractivity contribution in [3.8, 4) is 6.07 Å². The highest BCUT2D eigenvalue weighted by atomic mass is 32.2. The van der Waals surface area contributed by atoms with E-state index in [1.807, 2.05) is 48.5 Å². The van der Waals surface area contributed by atoms with Gasteiger partial charge in [-0.15, -0.1) is 11.8 Å². The van der Waals surface area contributed by atoms with Crippen LogP contribution in [-0.4, -0.2) is 42.5 Å². The molecule has 3 rings (SSSR count). The molecule has 2 aromatic rings. The van der Waals surface area contributed by atoms with Crippen molar-refractivity contribution in [1.82, 2.24) is 0 Å². The van der Waals surface area contributed by atoms with Crippen LogP contribution in [0.25, 0.3) is 0 Å². The number of anilines is 3. The molecule has 7 heteroatoms. The van der Waals surface area contributed by atoms with Crippen LogP contribution in [0.4, 0.5) is 17.1 Å². The Hall–Kier alpha value is -2.69. The smallest absolute Gasteiger partial charge is 0.243 e. The van der Waals surface area contributed by atoms with Crippen LogP contribution in [0, 0.1) is 11.3 Å². The number of nitrogens with one attached hydrogen (secondary N) is 2. The molecule has 0 unspecified atom stereocenters. The fourth-order valence-electron chi connectivity index (χ4n) is 3.18. The number of aliphatic hydroxyl groups is 1. The second-order valence-corrected chi connectivity index (χ2v) is 7.60. The number of thioether (sulfide) groups is 1. The highest BCUT2D eigenvalue weighted by Crippen LogP contribution is 2.29. The fraction of sp³-hybridized carbons (Fsp3) is 0.333. The first-order valence-electron chi connectivity index (χ1n) is 9.32. The van der Waals surface area contributed by atoms with Gasteiger partial charge in [0.15, 0.2) is 0 Å². The number of amides is 1. The SMILES string of the molecule is N#CCSc1ccccc1NC(=O)CNc1ccccc1N1CCC(O)CC1. The highest BCUT2D eigenvalue weighted by Gasteiger charge is 2.19. The lowest BCUT2D eigenvalue weighted by atomic mass is 10.1. The van der Waals surface area contributed by atoms with Crippen molar-refractivity contribution in [2.24, 2.45) is 0 Å². The molecule has 6 nitrogen and oxygen atoms in total. The summed E-state index contributed by atoms with van der Waals surface area (Å²) in [7, 11) is 0. The number of piperidine rings is 1. The van der Waals surface area contributed by atoms with Crippen molar-refractivity contribution in [2.45, 2.75) is 23.8 Å². The number of para-hydroxylation sites is 3. The maximum atomic E-state index is 12.4. The molecule has 3 N–H and O–H groups in total. The summed E-state index contributed by atoms with van der Waals surface area (Å²) in [6, 6.07) is 17.5. The minimum Gasteiger partial charge on any atom is -0.393 e. The van der Waals surface area contributed by atoms with Gasteiger partial charge in [0.2, 0.25) is 5.91 Å². The third-order valence-electron chi connectivity index (χ3n) is 4.60. The molecule has 0 aliphatic carbocycles. The Bertz CT molecular complexity index is 844. The van der Waals surface area contributed by atoms with Crippen LogP contribution in [0.2, 0.25) is 0 Å². The van der Waals surface area contributed by atoms with E-state index in [1.165, 1.54) is 11.8 Å². The first-order valence-corrected chi connectivity index (χ1v) is 10.3. The lowest BCUT2D eigenvalue weighted by molar-refractivity contribution is -0.114. The van der Waals surface area contributed by atoms with E-state index < -0.39 is 0 Å². The quantitative estimate of drug-likeness (QED) is 0.622. The number of hydrogen-bond acceptors (Lipinski definition) is 6. The third kappa shape index (κ3) is 5.41. The lowest BCUT2D eigenvalue weighted by Crippen LogP contribution is -2.36. The van der Waals surface area contributed by atoms with E-state index in [0.717, 1.165) is 42.2 Å². The third-order valence-corrected chi connectivity index (χ3v) is 5.54. The Balaban J connectivity index is 1.61. The summed E-state index contributed by atoms with van der Waals surface area (Å²) >= 11 is 1.40. The number of carbonyl (C=O) groups excluding carboxylic acids is 1. The van der Waals surface area contributed by atoms with Gasteiger partial charge in [0, 0.05) is 18.0 Å². The minimum absolute atomic E-state index is 0.144. The van der Waals surface area contributed by atoms with Crippen LogP contribution in [0.15, 0.2) is 53.4 Å². The Labute approximate surface area is 169 Å². The van der Waals surface area contributed by atoms with E-state index >= 15 is 0 Å². The van der Waals surface area contributed by atoms with Crippen LogP contribution in [0.5, 0.6) is 0 Å². The van der Waals surface area contributed by atoms with Gasteiger partial charge in [-0.25, -0.2) is 0 Å². The average Bonchev–Trinajstić information content (AvgIpc) is 2.72. The molecule has 1 aliphatic rings. The van der Waals surface area contributed by atoms with E-state index in [0.29, 0.717) is 11.4 Å². The van der Waals surface area contributed by atoms with E-state index in [4.69, 9.17) is 5.26 Å². The number of carbonyl (C=O) groups is 1. The van der Waals surface area contributed by atoms with Crippen LogP contribution in [-0.2, 0) is 4.79 Å². The summed E-state index contributed by atoms with van der Waals surface area (Å²) in [4.78, 5) is 15.6. The Morgan fingerprint density at radius 2 is 1.82 bits per heavy atom. The average molecular weight is 397 g/mol. The zero-order valence-corrected chi connectivity index (χ0v) is 16.4. The van der Waals surface area contributed by atoms with Crippen molar-refractivity contribution >= 4 is 34.7 Å². The second kappa shape index (κ2) is 10.0. The van der Waals surface area contributed by atoms with Crippen molar-refractivity contribution in [1.29, 1.82) is 5.26 Å². The zero-order chi connectivity index (χ0) is 19.8. The van der Waals surface area contributed by atoms with Crippen molar-refractivity contribution in [3.63, 3.8) is 0 Å². The molecule has 28 heavy (non-hydrogen) atoms. The lowest BCUT2D eigenvalue weighted by Gasteiger charge is -2.32. The maximum Gasteiger partial charge on any atom is 0.243 e. The van der Waals surface area contributed by atoms with E-state index in [9.17, 15) is 9.90 Å². The monoisotopic (exact) mass is 396 g/mol. The zero-order valence-electron chi connectivity index (χ0n) is 15.6. The minimum atomic E-state index is -0.221. The summed E-state index contributed by atoms with van der Waals surface area (Å²) in [6.07, 6.45) is 1.29. The molecular formula is C21H24N4O2S. The van der Waals surface area contributed by atoms with Crippen molar-refractivity contribution in [3.05, 3.63) is 48.5 Å². The molecule has 1 heterocycles. The van der Waals surface area contributed by atoms with Gasteiger partial charge in [0.1, 0.15) is 0 Å². The number of benzene rings is 2. The predicted molar refractivity (Wildman–Crippen MR) is 114 cm³/mol. The molecule has 0 spiro atoms. The van der Waals surface area contributed by atoms with E-state index in [1.54, 1.807) is 0 Å². The van der Waals surface area contributed by atoms with Gasteiger partial charge in [-0.05, 0) is 37.1 Å². The maximum absolute atomic E-state index is 12.4. The van der Waals surface area contributed by atoms with E-state index in [2.05, 4.69) is 21.6 Å². The summed E-state index contributed by atoms with van der Waals surface area (Å²) in [5.41, 5.74) is 2.67. The number of nitrogens with zero attached hydrogens (tertiary/aromatic N) is 2. The van der Waals surface area contributed by atoms with Crippen LogP contribution < -0.4 is 15.5 Å². The Kier molecular flexibility index (Phi) is 7.18. The molecule has 1 saturated heterocycles. The first kappa shape index (κ1) is 20.1. The summed E-state index contributed by atoms with van der Waals surface area (Å²) in [6.45, 7) is 1.75. The topological polar surface area (TPSA) is 88.4 Å². The number of nitriles is 1. The van der Waals surface area contributed by atoms with Crippen LogP contribution in [0.3, 0.4) is 0 Å². The molecule has 0 saturated carbocycles. The summed E-state index contributed by atoms with van der Waals surface area (Å²) < 4.78 is 0. The van der Waals surface area contributed by atoms with Gasteiger partial charge in [-0.3, -0.25) is 4.79 Å². The standard InChI is InChI=1S/C21H24N4O2S/c22-11-14-28-20-8-4-2-6-18(20)24-21(27)15-23-17-5-1-3-7-19(17)25-12-9-16(26)10-13-25/h1-8,16,23,26H,9-10,12-15H2,(H,24,27). The van der Waals surface area contributed by atoms with Gasteiger partial charge < -0.3 is 20.6 Å². The summed E-state index contributed by atoms with van der Waals surface area (Å²) in [5.74, 6) is 0.192. The first-order chi connectivity index (χ1) is 13.7. The molecule has 0 atom stereocenters. The van der Waals surface area contributed by atoms with Gasteiger partial charge in [0.25, 0.3) is 0 Å². The Morgan fingerprint density at radius 1 is 1.14 bits per heavy atom. The van der Waals surface area contributed by atoms with Gasteiger partial charge in [-0.2, -0.15) is 5.26 Å². The molecule has 0 radical (unpaired) electrons. The largest absolute Gasteiger partial charge is 0.393 e. The molecule has 1 aliphatic heterocycles. The molecule has 2 aromatic carbocycles. The number of rotatable bonds is 7.